The number of benzene rings is 3. The summed E-state index contributed by atoms with van der Waals surface area (Å²) in [6.07, 6.45) is 10.0. The number of allylic oxidation sites excluding steroid dienone is 2. The molecule has 14 heteroatoms. The van der Waals surface area contributed by atoms with Crippen molar-refractivity contribution in [2.24, 2.45) is 10.2 Å². The number of likely N-dealkylation sites (N-methyl/N-ethyl adjacent to an activating group) is 1. The van der Waals surface area contributed by atoms with Crippen molar-refractivity contribution in [3.05, 3.63) is 109 Å². The fourth-order valence-electron chi connectivity index (χ4n) is 3.19. The number of aliphatic hydroxyl groups is 1. The van der Waals surface area contributed by atoms with Crippen LogP contribution < -0.4 is 9.64 Å². The van der Waals surface area contributed by atoms with E-state index < -0.39 is 7.81 Å². The van der Waals surface area contributed by atoms with Gasteiger partial charge in [-0.2, -0.15) is 10.2 Å². The average Bonchev–Trinajstić information content (AvgIpc) is 3.47. The Hall–Kier alpha value is -2.75. The number of hydrogen-bond acceptors (Lipinski definition) is 5. The Morgan fingerprint density at radius 2 is 1.48 bits per heavy atom. The molecule has 3 aromatic carbocycles. The van der Waals surface area contributed by atoms with Gasteiger partial charge in [-0.25, -0.2) is 18.6 Å². The number of azo groups is 1. The van der Waals surface area contributed by atoms with Crippen LogP contribution in [-0.4, -0.2) is 24.8 Å². The summed E-state index contributed by atoms with van der Waals surface area (Å²) in [5, 5.41) is 18.6. The maximum Gasteiger partial charge on any atom is 2.00 e. The van der Waals surface area contributed by atoms with Gasteiger partial charge in [0.15, 0.2) is 0 Å². The first-order chi connectivity index (χ1) is 19.0. The largest absolute Gasteiger partial charge is 2.00 e. The molecule has 0 bridgehead atoms. The standard InChI is InChI=1S/C23H24ClN3O2.C5H5.F6P.Fe/c1-3-27(14-15-28)20-8-13-23(17(2)16-20)26-25-19-6-11-22(12-7-19)29-21-9-4-18(24)5-10-21;1-2-4-5-3-1;1-7(2,3,4,5)6;/h4-13,16,28H,3,14-15H2,1-2H3;1-5H;;/q;2*-1;+2. The van der Waals surface area contributed by atoms with Gasteiger partial charge < -0.3 is 14.7 Å². The first-order valence-corrected chi connectivity index (χ1v) is 14.6. The van der Waals surface area contributed by atoms with Crippen LogP contribution >= 0.6 is 19.4 Å². The number of anilines is 1. The van der Waals surface area contributed by atoms with Crippen LogP contribution in [0.1, 0.15) is 12.5 Å². The summed E-state index contributed by atoms with van der Waals surface area (Å²) in [6.45, 7) is 5.66. The molecule has 1 N–H and O–H groups in total. The van der Waals surface area contributed by atoms with Crippen molar-refractivity contribution in [3.8, 4) is 11.5 Å². The van der Waals surface area contributed by atoms with E-state index in [1.54, 1.807) is 12.1 Å². The van der Waals surface area contributed by atoms with Crippen molar-refractivity contribution in [1.82, 2.24) is 0 Å². The molecular weight excluding hydrogens is 647 g/mol. The fourth-order valence-corrected chi connectivity index (χ4v) is 3.32. The molecule has 0 heterocycles. The van der Waals surface area contributed by atoms with Crippen LogP contribution in [0.5, 0.6) is 11.5 Å². The van der Waals surface area contributed by atoms with Gasteiger partial charge in [-0.15, -0.1) is 12.8 Å². The first kappa shape index (κ1) is 37.3. The van der Waals surface area contributed by atoms with E-state index in [-0.39, 0.29) is 23.7 Å². The molecular formula is C28H29ClF6FeN3O2P. The second-order valence-corrected chi connectivity index (χ2v) is 10.8. The molecule has 0 amide bonds. The summed E-state index contributed by atoms with van der Waals surface area (Å²) >= 11 is 5.89. The van der Waals surface area contributed by atoms with Gasteiger partial charge in [-0.3, -0.25) is 0 Å². The van der Waals surface area contributed by atoms with E-state index >= 15 is 0 Å². The van der Waals surface area contributed by atoms with Gasteiger partial charge in [0.05, 0.1) is 18.0 Å². The molecule has 4 rings (SSSR count). The zero-order valence-electron chi connectivity index (χ0n) is 22.5. The number of nitrogens with zero attached hydrogens (tertiary/aromatic N) is 3. The van der Waals surface area contributed by atoms with Crippen LogP contribution in [-0.2, 0) is 17.1 Å². The van der Waals surface area contributed by atoms with E-state index in [1.807, 2.05) is 86.9 Å². The average molecular weight is 676 g/mol. The van der Waals surface area contributed by atoms with Crippen LogP contribution in [0.4, 0.5) is 42.2 Å². The predicted molar refractivity (Wildman–Crippen MR) is 154 cm³/mol. The zero-order chi connectivity index (χ0) is 30.6. The molecule has 0 aromatic heterocycles. The third-order valence-corrected chi connectivity index (χ3v) is 5.26. The van der Waals surface area contributed by atoms with E-state index in [4.69, 9.17) is 16.3 Å². The summed E-state index contributed by atoms with van der Waals surface area (Å²) in [7, 11) is -10.7. The molecule has 42 heavy (non-hydrogen) atoms. The van der Waals surface area contributed by atoms with E-state index in [9.17, 15) is 30.3 Å². The molecule has 0 atom stereocenters. The maximum absolute atomic E-state index is 10.7. The normalized spacial score (nSPS) is 13.8. The number of ether oxygens (including phenoxy) is 1. The van der Waals surface area contributed by atoms with Gasteiger partial charge in [0.25, 0.3) is 0 Å². The summed E-state index contributed by atoms with van der Waals surface area (Å²) in [6, 6.07) is 20.7. The quantitative estimate of drug-likeness (QED) is 0.0850. The molecule has 3 aromatic rings. The van der Waals surface area contributed by atoms with Crippen molar-refractivity contribution in [2.45, 2.75) is 13.8 Å². The van der Waals surface area contributed by atoms with Crippen molar-refractivity contribution < 1.29 is 52.1 Å². The molecule has 0 saturated heterocycles. The minimum absolute atomic E-state index is 0. The van der Waals surface area contributed by atoms with Crippen molar-refractivity contribution in [2.75, 3.05) is 24.6 Å². The monoisotopic (exact) mass is 675 g/mol. The van der Waals surface area contributed by atoms with Crippen molar-refractivity contribution >= 4 is 36.5 Å². The minimum atomic E-state index is -10.7. The number of hydrogen-bond donors (Lipinski definition) is 1. The summed E-state index contributed by atoms with van der Waals surface area (Å²) in [5.74, 6) is 1.44. The third-order valence-electron chi connectivity index (χ3n) is 5.01. The fraction of sp³-hybridized carbons (Fsp3) is 0.179. The molecule has 230 valence electrons. The van der Waals surface area contributed by atoms with Gasteiger partial charge in [-0.05, 0) is 86.1 Å². The Morgan fingerprint density at radius 3 is 1.90 bits per heavy atom. The summed E-state index contributed by atoms with van der Waals surface area (Å²) in [5.41, 5.74) is 3.66. The Bertz CT molecular complexity index is 1290. The minimum Gasteiger partial charge on any atom is -0.231 e. The molecule has 1 aliphatic carbocycles. The molecule has 0 spiro atoms. The molecule has 0 aliphatic heterocycles. The molecule has 0 unspecified atom stereocenters. The van der Waals surface area contributed by atoms with E-state index in [2.05, 4.69) is 28.1 Å². The molecule has 1 aliphatic rings. The van der Waals surface area contributed by atoms with E-state index in [1.165, 1.54) is 0 Å². The van der Waals surface area contributed by atoms with Gasteiger partial charge >= 0.3 is 50.1 Å². The Kier molecular flexibility index (Phi) is 13.9. The Morgan fingerprint density at radius 1 is 0.905 bits per heavy atom. The second kappa shape index (κ2) is 15.6. The topological polar surface area (TPSA) is 57.4 Å². The van der Waals surface area contributed by atoms with Crippen LogP contribution in [0.3, 0.4) is 0 Å². The predicted octanol–water partition coefficient (Wildman–Crippen LogP) is 11.2. The summed E-state index contributed by atoms with van der Waals surface area (Å²) in [4.78, 5) is 2.12. The Balaban J connectivity index is 0.000000565. The number of rotatable bonds is 8. The molecule has 5 nitrogen and oxygen atoms in total. The van der Waals surface area contributed by atoms with Gasteiger partial charge in [0.1, 0.15) is 11.5 Å². The molecule has 2 radical (unpaired) electrons. The first-order valence-electron chi connectivity index (χ1n) is 12.2. The number of aliphatic hydroxyl groups excluding tert-OH is 1. The van der Waals surface area contributed by atoms with Gasteiger partial charge in [0, 0.05) is 23.8 Å². The van der Waals surface area contributed by atoms with Crippen LogP contribution in [0.25, 0.3) is 0 Å². The molecule has 0 saturated carbocycles. The summed E-state index contributed by atoms with van der Waals surface area (Å²) < 4.78 is 65.0. The SMILES string of the molecule is CCN(CCO)c1ccc(N=Nc2ccc(Oc3ccc(Cl)cc3)cc2)c(C)c1.F[P-](F)(F)(F)(F)F.[CH]1[CH][CH-]C=C1.[Fe+2]. The second-order valence-electron chi connectivity index (χ2n) is 8.44. The number of aryl methyl sites for hydroxylation is 1. The van der Waals surface area contributed by atoms with Crippen molar-refractivity contribution in [1.29, 1.82) is 0 Å². The van der Waals surface area contributed by atoms with Crippen LogP contribution in [0.2, 0.25) is 5.02 Å². The van der Waals surface area contributed by atoms with Crippen molar-refractivity contribution in [3.63, 3.8) is 0 Å². The Labute approximate surface area is 257 Å². The smallest absolute Gasteiger partial charge is 0.231 e. The van der Waals surface area contributed by atoms with E-state index in [0.29, 0.717) is 11.6 Å². The zero-order valence-corrected chi connectivity index (χ0v) is 25.3. The van der Waals surface area contributed by atoms with Gasteiger partial charge in [-0.1, -0.05) is 11.6 Å². The van der Waals surface area contributed by atoms with Gasteiger partial charge in [0.2, 0.25) is 0 Å². The van der Waals surface area contributed by atoms with Crippen LogP contribution in [0.15, 0.2) is 89.1 Å². The van der Waals surface area contributed by atoms with Crippen LogP contribution in [0, 0.1) is 26.2 Å². The van der Waals surface area contributed by atoms with E-state index in [0.717, 1.165) is 40.7 Å². The third kappa shape index (κ3) is 17.3. The number of halogens is 7. The maximum atomic E-state index is 9.87. The molecule has 0 fully saturated rings.